The number of nitrogens with one attached hydrogen (secondary N) is 2. The van der Waals surface area contributed by atoms with Crippen LogP contribution in [0.3, 0.4) is 0 Å². The zero-order chi connectivity index (χ0) is 21.9. The molecule has 0 radical (unpaired) electrons. The van der Waals surface area contributed by atoms with Gasteiger partial charge in [0.15, 0.2) is 0 Å². The summed E-state index contributed by atoms with van der Waals surface area (Å²) in [6.45, 7) is 10.3. The summed E-state index contributed by atoms with van der Waals surface area (Å²) in [5.41, 5.74) is 0.709. The number of rotatable bonds is 6. The number of carbonyl (C=O) groups is 1. The van der Waals surface area contributed by atoms with Gasteiger partial charge >= 0.3 is 6.09 Å². The number of hydrogen-bond acceptors (Lipinski definition) is 5. The van der Waals surface area contributed by atoms with Crippen molar-refractivity contribution in [3.05, 3.63) is 41.6 Å². The molecule has 30 heavy (non-hydrogen) atoms. The van der Waals surface area contributed by atoms with Crippen LogP contribution in [-0.2, 0) is 11.2 Å². The Hall–Kier alpha value is -2.64. The van der Waals surface area contributed by atoms with Crippen molar-refractivity contribution in [1.82, 2.24) is 20.5 Å². The van der Waals surface area contributed by atoms with Gasteiger partial charge in [0.05, 0.1) is 18.4 Å². The number of alkyl carbamates (subject to hydrolysis) is 1. The van der Waals surface area contributed by atoms with Crippen LogP contribution in [0.1, 0.15) is 71.2 Å². The van der Waals surface area contributed by atoms with Crippen molar-refractivity contribution in [2.24, 2.45) is 0 Å². The molecule has 0 bridgehead atoms. The number of ether oxygens (including phenoxy) is 1. The van der Waals surface area contributed by atoms with Crippen LogP contribution in [0.4, 0.5) is 15.0 Å². The Morgan fingerprint density at radius 3 is 2.80 bits per heavy atom. The molecule has 0 spiro atoms. The normalized spacial score (nSPS) is 17.3. The number of aryl methyl sites for hydroxylation is 1. The molecule has 2 aromatic heterocycles. The van der Waals surface area contributed by atoms with Crippen molar-refractivity contribution >= 4 is 11.9 Å². The number of pyridine rings is 1. The molecule has 7 nitrogen and oxygen atoms in total. The van der Waals surface area contributed by atoms with E-state index in [0.29, 0.717) is 12.8 Å². The van der Waals surface area contributed by atoms with Crippen LogP contribution in [0.25, 0.3) is 0 Å². The van der Waals surface area contributed by atoms with Crippen LogP contribution in [0.2, 0.25) is 0 Å². The first kappa shape index (κ1) is 22.1. The van der Waals surface area contributed by atoms with Gasteiger partial charge in [-0.2, -0.15) is 5.10 Å². The predicted octanol–water partition coefficient (Wildman–Crippen LogP) is 4.52. The number of anilines is 1. The highest BCUT2D eigenvalue weighted by molar-refractivity contribution is 5.68. The van der Waals surface area contributed by atoms with Gasteiger partial charge in [-0.3, -0.25) is 10.1 Å². The Labute approximate surface area is 177 Å². The minimum Gasteiger partial charge on any atom is -0.444 e. The topological polar surface area (TPSA) is 83.1 Å². The van der Waals surface area contributed by atoms with Gasteiger partial charge in [0.1, 0.15) is 17.2 Å². The quantitative estimate of drug-likeness (QED) is 0.722. The SMILES string of the molecule is CC(C)(CCc1ncc(F)cc1C1CCCN1c1ccn[nH]1)NC(=O)OC(C)(C)C. The van der Waals surface area contributed by atoms with Gasteiger partial charge in [0.25, 0.3) is 0 Å². The van der Waals surface area contributed by atoms with Crippen LogP contribution in [0, 0.1) is 5.82 Å². The van der Waals surface area contributed by atoms with E-state index in [1.54, 1.807) is 12.3 Å². The third-order valence-electron chi connectivity index (χ3n) is 5.20. The summed E-state index contributed by atoms with van der Waals surface area (Å²) in [7, 11) is 0. The molecule has 2 aromatic rings. The van der Waals surface area contributed by atoms with E-state index in [0.717, 1.165) is 36.5 Å². The number of amides is 1. The lowest BCUT2D eigenvalue weighted by molar-refractivity contribution is 0.0468. The highest BCUT2D eigenvalue weighted by Gasteiger charge is 2.31. The summed E-state index contributed by atoms with van der Waals surface area (Å²) in [5.74, 6) is 0.594. The van der Waals surface area contributed by atoms with Crippen molar-refractivity contribution in [1.29, 1.82) is 0 Å². The van der Waals surface area contributed by atoms with E-state index in [9.17, 15) is 9.18 Å². The molecule has 1 unspecified atom stereocenters. The average Bonchev–Trinajstić information content (AvgIpc) is 3.29. The van der Waals surface area contributed by atoms with Crippen LogP contribution in [0.5, 0.6) is 0 Å². The molecule has 0 aromatic carbocycles. The first-order valence-corrected chi connectivity index (χ1v) is 10.5. The Morgan fingerprint density at radius 2 is 2.13 bits per heavy atom. The number of hydrogen-bond donors (Lipinski definition) is 2. The second-order valence-electron chi connectivity index (χ2n) is 9.49. The Bertz CT molecular complexity index is 861. The van der Waals surface area contributed by atoms with E-state index in [4.69, 9.17) is 4.74 Å². The largest absolute Gasteiger partial charge is 0.444 e. The summed E-state index contributed by atoms with van der Waals surface area (Å²) < 4.78 is 19.5. The Kier molecular flexibility index (Phi) is 6.33. The van der Waals surface area contributed by atoms with Gasteiger partial charge in [-0.15, -0.1) is 0 Å². The monoisotopic (exact) mass is 417 g/mol. The maximum Gasteiger partial charge on any atom is 0.408 e. The molecular weight excluding hydrogens is 385 g/mol. The number of halogens is 1. The van der Waals surface area contributed by atoms with Crippen molar-refractivity contribution in [3.63, 3.8) is 0 Å². The van der Waals surface area contributed by atoms with Crippen molar-refractivity contribution < 1.29 is 13.9 Å². The van der Waals surface area contributed by atoms with Gasteiger partial charge in [-0.05, 0) is 71.9 Å². The van der Waals surface area contributed by atoms with Crippen molar-refractivity contribution in [2.45, 2.75) is 77.5 Å². The zero-order valence-electron chi connectivity index (χ0n) is 18.5. The fraction of sp³-hybridized carbons (Fsp3) is 0.591. The first-order chi connectivity index (χ1) is 14.0. The summed E-state index contributed by atoms with van der Waals surface area (Å²) >= 11 is 0. The standard InChI is InChI=1S/C22H32FN5O2/c1-21(2,3)30-20(29)26-22(4,5)10-8-17-16(13-15(23)14-24-17)18-7-6-12-28(18)19-9-11-25-27-19/h9,11,13-14,18H,6-8,10,12H2,1-5H3,(H,25,27)(H,26,29). The molecule has 1 atom stereocenters. The van der Waals surface area contributed by atoms with Crippen LogP contribution in [0.15, 0.2) is 24.5 Å². The Morgan fingerprint density at radius 1 is 1.37 bits per heavy atom. The molecule has 1 saturated heterocycles. The van der Waals surface area contributed by atoms with E-state index in [1.807, 2.05) is 40.7 Å². The summed E-state index contributed by atoms with van der Waals surface area (Å²) in [5, 5.41) is 9.99. The molecule has 3 heterocycles. The van der Waals surface area contributed by atoms with Gasteiger partial charge in [0, 0.05) is 23.8 Å². The maximum absolute atomic E-state index is 14.1. The van der Waals surface area contributed by atoms with E-state index < -0.39 is 17.2 Å². The van der Waals surface area contributed by atoms with Gasteiger partial charge in [-0.1, -0.05) is 0 Å². The molecule has 0 aliphatic carbocycles. The molecule has 1 aliphatic heterocycles. The number of carbonyl (C=O) groups excluding carboxylic acids is 1. The smallest absolute Gasteiger partial charge is 0.408 e. The molecule has 8 heteroatoms. The molecule has 1 amide bonds. The average molecular weight is 418 g/mol. The van der Waals surface area contributed by atoms with E-state index >= 15 is 0 Å². The van der Waals surface area contributed by atoms with Crippen molar-refractivity contribution in [3.8, 4) is 0 Å². The predicted molar refractivity (Wildman–Crippen MR) is 114 cm³/mol. The number of nitrogens with zero attached hydrogens (tertiary/aromatic N) is 3. The Balaban J connectivity index is 1.73. The lowest BCUT2D eigenvalue weighted by atomic mass is 9.93. The minimum atomic E-state index is -0.551. The first-order valence-electron chi connectivity index (χ1n) is 10.5. The van der Waals surface area contributed by atoms with Gasteiger partial charge in [-0.25, -0.2) is 9.18 Å². The lowest BCUT2D eigenvalue weighted by Crippen LogP contribution is -2.46. The van der Waals surface area contributed by atoms with Gasteiger partial charge < -0.3 is 15.0 Å². The van der Waals surface area contributed by atoms with Crippen molar-refractivity contribution in [2.75, 3.05) is 11.4 Å². The highest BCUT2D eigenvalue weighted by atomic mass is 19.1. The van der Waals surface area contributed by atoms with Crippen LogP contribution in [-0.4, -0.2) is 39.0 Å². The summed E-state index contributed by atoms with van der Waals surface area (Å²) in [4.78, 5) is 18.8. The molecule has 1 fully saturated rings. The molecule has 0 saturated carbocycles. The second-order valence-corrected chi connectivity index (χ2v) is 9.49. The summed E-state index contributed by atoms with van der Waals surface area (Å²) in [6.07, 6.45) is 5.76. The minimum absolute atomic E-state index is 0.0468. The number of aromatic amines is 1. The second kappa shape index (κ2) is 8.62. The maximum atomic E-state index is 14.1. The molecular formula is C22H32FN5O2. The molecule has 164 valence electrons. The fourth-order valence-corrected chi connectivity index (χ4v) is 3.84. The van der Waals surface area contributed by atoms with Gasteiger partial charge in [0.2, 0.25) is 0 Å². The number of aromatic nitrogens is 3. The zero-order valence-corrected chi connectivity index (χ0v) is 18.5. The fourth-order valence-electron chi connectivity index (χ4n) is 3.84. The van der Waals surface area contributed by atoms with Crippen LogP contribution >= 0.6 is 0 Å². The molecule has 1 aliphatic rings. The van der Waals surface area contributed by atoms with E-state index in [2.05, 4.69) is 25.4 Å². The van der Waals surface area contributed by atoms with Crippen LogP contribution < -0.4 is 10.2 Å². The summed E-state index contributed by atoms with van der Waals surface area (Å²) in [6, 6.07) is 3.57. The third kappa shape index (κ3) is 5.70. The van der Waals surface area contributed by atoms with E-state index in [1.165, 1.54) is 6.20 Å². The lowest BCUT2D eigenvalue weighted by Gasteiger charge is -2.30. The van der Waals surface area contributed by atoms with E-state index in [-0.39, 0.29) is 11.9 Å². The molecule has 3 rings (SSSR count). The highest BCUT2D eigenvalue weighted by Crippen LogP contribution is 2.37. The third-order valence-corrected chi connectivity index (χ3v) is 5.20. The molecule has 2 N–H and O–H groups in total. The number of H-pyrrole nitrogens is 1.